The second kappa shape index (κ2) is 13.3. The Balaban J connectivity index is 0.000000192. The van der Waals surface area contributed by atoms with E-state index in [2.05, 4.69) is 21.9 Å². The van der Waals surface area contributed by atoms with Gasteiger partial charge in [0.15, 0.2) is 11.5 Å². The number of amides is 1. The molecule has 3 heterocycles. The van der Waals surface area contributed by atoms with Crippen molar-refractivity contribution in [2.24, 2.45) is 11.7 Å². The lowest BCUT2D eigenvalue weighted by Crippen LogP contribution is -2.46. The maximum Gasteiger partial charge on any atom is 0.221 e. The molecule has 3 fully saturated rings. The number of rotatable bonds is 9. The van der Waals surface area contributed by atoms with Crippen molar-refractivity contribution in [3.63, 3.8) is 0 Å². The van der Waals surface area contributed by atoms with Crippen molar-refractivity contribution >= 4 is 5.91 Å². The topological polar surface area (TPSA) is 97.5 Å². The van der Waals surface area contributed by atoms with Crippen LogP contribution in [0.2, 0.25) is 0 Å². The summed E-state index contributed by atoms with van der Waals surface area (Å²) in [4.78, 5) is 15.7. The fraction of sp³-hybridized carbons (Fsp3) is 0.731. The Morgan fingerprint density at radius 1 is 1.12 bits per heavy atom. The van der Waals surface area contributed by atoms with E-state index in [1.165, 1.54) is 44.5 Å². The number of β-amino-alcohol motifs (C(OH)–C–C–N with tert-alkyl or cyclic N) is 1. The van der Waals surface area contributed by atoms with Crippen LogP contribution in [0.15, 0.2) is 18.2 Å². The normalized spacial score (nSPS) is 22.7. The Labute approximate surface area is 204 Å². The van der Waals surface area contributed by atoms with Crippen molar-refractivity contribution in [3.05, 3.63) is 23.8 Å². The minimum Gasteiger partial charge on any atom is -0.493 e. The van der Waals surface area contributed by atoms with E-state index >= 15 is 0 Å². The smallest absolute Gasteiger partial charge is 0.221 e. The Hall–Kier alpha value is -1.87. The highest BCUT2D eigenvalue weighted by Gasteiger charge is 2.35. The molecule has 8 nitrogen and oxygen atoms in total. The van der Waals surface area contributed by atoms with Crippen molar-refractivity contribution in [2.75, 3.05) is 66.7 Å². The summed E-state index contributed by atoms with van der Waals surface area (Å²) < 4.78 is 15.8. The highest BCUT2D eigenvalue weighted by molar-refractivity contribution is 5.77. The molecule has 1 aromatic carbocycles. The largest absolute Gasteiger partial charge is 0.493 e. The third-order valence-corrected chi connectivity index (χ3v) is 7.20. The summed E-state index contributed by atoms with van der Waals surface area (Å²) in [5, 5.41) is 10.3. The van der Waals surface area contributed by atoms with Crippen LogP contribution >= 0.6 is 0 Å². The third-order valence-electron chi connectivity index (χ3n) is 7.20. The molecule has 0 saturated carbocycles. The number of ether oxygens (including phenoxy) is 3. The molecule has 0 aromatic heterocycles. The maximum absolute atomic E-state index is 11.0. The molecule has 3 saturated heterocycles. The van der Waals surface area contributed by atoms with Crippen LogP contribution in [0.3, 0.4) is 0 Å². The Morgan fingerprint density at radius 3 is 2.44 bits per heavy atom. The van der Waals surface area contributed by atoms with Gasteiger partial charge in [-0.05, 0) is 76.0 Å². The average Bonchev–Trinajstić information content (AvgIpc) is 3.52. The molecule has 3 aliphatic rings. The lowest BCUT2D eigenvalue weighted by atomic mass is 9.94. The number of aryl methyl sites for hydroxylation is 1. The molecule has 8 heteroatoms. The van der Waals surface area contributed by atoms with Gasteiger partial charge in [0.1, 0.15) is 0 Å². The Kier molecular flexibility index (Phi) is 10.4. The quantitative estimate of drug-likeness (QED) is 0.562. The van der Waals surface area contributed by atoms with Gasteiger partial charge in [-0.1, -0.05) is 6.07 Å². The van der Waals surface area contributed by atoms with Crippen LogP contribution in [0.25, 0.3) is 0 Å². The van der Waals surface area contributed by atoms with Crippen LogP contribution in [-0.4, -0.2) is 93.1 Å². The second-order valence-electron chi connectivity index (χ2n) is 9.80. The minimum absolute atomic E-state index is 0.0385. The van der Waals surface area contributed by atoms with Gasteiger partial charge in [-0.15, -0.1) is 0 Å². The first kappa shape index (κ1) is 26.7. The molecule has 0 spiro atoms. The molecule has 0 aliphatic carbocycles. The fourth-order valence-corrected chi connectivity index (χ4v) is 5.08. The zero-order valence-electron chi connectivity index (χ0n) is 21.0. The SMILES string of the molecule is COc1ccc(CCCN2CCCC2)cc1OC.NC(=O)C1CCN(CC2(O)CCOCC2)C1. The first-order valence-corrected chi connectivity index (χ1v) is 12.7. The maximum atomic E-state index is 11.0. The summed E-state index contributed by atoms with van der Waals surface area (Å²) in [5.41, 5.74) is 5.97. The summed E-state index contributed by atoms with van der Waals surface area (Å²) in [6.45, 7) is 7.23. The van der Waals surface area contributed by atoms with Gasteiger partial charge >= 0.3 is 0 Å². The standard InChI is InChI=1S/C15H23NO2.C11H20N2O3/c1-17-14-8-7-13(12-15(14)18-2)6-5-11-16-9-3-4-10-16;12-10(14)9-1-4-13(7-9)8-11(15)2-5-16-6-3-11/h7-8,12H,3-6,9-11H2,1-2H3;9,15H,1-8H2,(H2,12,14). The highest BCUT2D eigenvalue weighted by atomic mass is 16.5. The fourth-order valence-electron chi connectivity index (χ4n) is 5.08. The molecule has 3 N–H and O–H groups in total. The monoisotopic (exact) mass is 477 g/mol. The van der Waals surface area contributed by atoms with E-state index in [0.29, 0.717) is 39.1 Å². The number of hydrogen-bond donors (Lipinski definition) is 2. The Morgan fingerprint density at radius 2 is 1.82 bits per heavy atom. The summed E-state index contributed by atoms with van der Waals surface area (Å²) in [5.74, 6) is 1.38. The van der Waals surface area contributed by atoms with E-state index in [1.54, 1.807) is 14.2 Å². The summed E-state index contributed by atoms with van der Waals surface area (Å²) >= 11 is 0. The van der Waals surface area contributed by atoms with E-state index in [-0.39, 0.29) is 11.8 Å². The molecule has 0 radical (unpaired) electrons. The zero-order chi connectivity index (χ0) is 24.4. The number of nitrogens with zero attached hydrogens (tertiary/aromatic N) is 2. The van der Waals surface area contributed by atoms with Gasteiger partial charge < -0.3 is 30.0 Å². The zero-order valence-corrected chi connectivity index (χ0v) is 21.0. The van der Waals surface area contributed by atoms with E-state index < -0.39 is 5.60 Å². The van der Waals surface area contributed by atoms with Crippen LogP contribution in [0.1, 0.15) is 44.1 Å². The first-order chi connectivity index (χ1) is 16.4. The average molecular weight is 478 g/mol. The third kappa shape index (κ3) is 8.12. The van der Waals surface area contributed by atoms with Crippen LogP contribution < -0.4 is 15.2 Å². The van der Waals surface area contributed by atoms with Crippen LogP contribution in [0.4, 0.5) is 0 Å². The molecule has 0 bridgehead atoms. The number of methoxy groups -OCH3 is 2. The van der Waals surface area contributed by atoms with Gasteiger partial charge in [0.25, 0.3) is 0 Å². The van der Waals surface area contributed by atoms with Crippen LogP contribution in [0.5, 0.6) is 11.5 Å². The molecule has 1 atom stereocenters. The van der Waals surface area contributed by atoms with Gasteiger partial charge in [-0.25, -0.2) is 0 Å². The van der Waals surface area contributed by atoms with Crippen molar-refractivity contribution in [1.29, 1.82) is 0 Å². The molecule has 3 aliphatic heterocycles. The van der Waals surface area contributed by atoms with Crippen molar-refractivity contribution in [2.45, 2.75) is 50.5 Å². The van der Waals surface area contributed by atoms with E-state index in [4.69, 9.17) is 19.9 Å². The number of benzene rings is 1. The number of carbonyl (C=O) groups excluding carboxylic acids is 1. The summed E-state index contributed by atoms with van der Waals surface area (Å²) in [6, 6.07) is 6.21. The summed E-state index contributed by atoms with van der Waals surface area (Å²) in [6.07, 6.45) is 7.26. The summed E-state index contributed by atoms with van der Waals surface area (Å²) in [7, 11) is 3.36. The minimum atomic E-state index is -0.634. The molecular formula is C26H43N3O5. The predicted octanol–water partition coefficient (Wildman–Crippen LogP) is 2.07. The molecule has 1 amide bonds. The lowest BCUT2D eigenvalue weighted by molar-refractivity contribution is -0.121. The molecule has 34 heavy (non-hydrogen) atoms. The molecule has 1 aromatic rings. The van der Waals surface area contributed by atoms with Gasteiger partial charge in [0, 0.05) is 39.1 Å². The van der Waals surface area contributed by atoms with Crippen LogP contribution in [-0.2, 0) is 16.0 Å². The van der Waals surface area contributed by atoms with Gasteiger partial charge in [-0.3, -0.25) is 9.69 Å². The highest BCUT2D eigenvalue weighted by Crippen LogP contribution is 2.28. The van der Waals surface area contributed by atoms with Gasteiger partial charge in [0.2, 0.25) is 5.91 Å². The molecular weight excluding hydrogens is 434 g/mol. The van der Waals surface area contributed by atoms with E-state index in [1.807, 2.05) is 6.07 Å². The van der Waals surface area contributed by atoms with Gasteiger partial charge in [-0.2, -0.15) is 0 Å². The Bertz CT molecular complexity index is 763. The van der Waals surface area contributed by atoms with Crippen molar-refractivity contribution in [3.8, 4) is 11.5 Å². The van der Waals surface area contributed by atoms with E-state index in [9.17, 15) is 9.90 Å². The van der Waals surface area contributed by atoms with E-state index in [0.717, 1.165) is 30.9 Å². The number of primary amides is 1. The number of likely N-dealkylation sites (tertiary alicyclic amines) is 2. The lowest BCUT2D eigenvalue weighted by Gasteiger charge is -2.35. The molecule has 192 valence electrons. The second-order valence-corrected chi connectivity index (χ2v) is 9.80. The van der Waals surface area contributed by atoms with Crippen LogP contribution in [0, 0.1) is 5.92 Å². The number of nitrogens with two attached hydrogens (primary N) is 1. The molecule has 4 rings (SSSR count). The predicted molar refractivity (Wildman–Crippen MR) is 132 cm³/mol. The number of aliphatic hydroxyl groups is 1. The number of hydrogen-bond acceptors (Lipinski definition) is 7. The first-order valence-electron chi connectivity index (χ1n) is 12.7. The number of carbonyl (C=O) groups is 1. The molecule has 1 unspecified atom stereocenters. The van der Waals surface area contributed by atoms with Crippen molar-refractivity contribution < 1.29 is 24.1 Å². The van der Waals surface area contributed by atoms with Gasteiger partial charge in [0.05, 0.1) is 25.7 Å². The van der Waals surface area contributed by atoms with Crippen molar-refractivity contribution in [1.82, 2.24) is 9.80 Å².